The van der Waals surface area contributed by atoms with E-state index >= 15 is 0 Å². The number of amides is 1. The van der Waals surface area contributed by atoms with Gasteiger partial charge in [0, 0.05) is 6.07 Å². The first-order valence-electron chi connectivity index (χ1n) is 5.43. The van der Waals surface area contributed by atoms with Crippen LogP contribution in [0.25, 0.3) is 0 Å². The number of nitro groups is 1. The number of rotatable bonds is 3. The average molecular weight is 266 g/mol. The van der Waals surface area contributed by atoms with Gasteiger partial charge in [0.2, 0.25) is 0 Å². The number of carbonyl (C=O) groups is 2. The molecule has 0 saturated heterocycles. The molecule has 0 saturated carbocycles. The predicted octanol–water partition coefficient (Wildman–Crippen LogP) is 1.65. The van der Waals surface area contributed by atoms with Gasteiger partial charge in [-0.15, -0.1) is 0 Å². The number of nitrogens with two attached hydrogens (primary N) is 1. The van der Waals surface area contributed by atoms with Gasteiger partial charge in [-0.2, -0.15) is 0 Å². The molecule has 2 N–H and O–H groups in total. The zero-order valence-electron chi connectivity index (χ0n) is 10.8. The van der Waals surface area contributed by atoms with Crippen molar-refractivity contribution in [1.29, 1.82) is 0 Å². The summed E-state index contributed by atoms with van der Waals surface area (Å²) in [5.74, 6) is -1.63. The number of carbonyl (C=O) groups excluding carboxylic acids is 2. The lowest BCUT2D eigenvalue weighted by Crippen LogP contribution is -2.24. The Morgan fingerprint density at radius 1 is 1.32 bits per heavy atom. The number of benzene rings is 1. The van der Waals surface area contributed by atoms with Gasteiger partial charge in [-0.1, -0.05) is 0 Å². The van der Waals surface area contributed by atoms with Crippen molar-refractivity contribution in [3.05, 3.63) is 39.4 Å². The molecule has 7 nitrogen and oxygen atoms in total. The van der Waals surface area contributed by atoms with Crippen molar-refractivity contribution in [2.75, 3.05) is 0 Å². The highest BCUT2D eigenvalue weighted by atomic mass is 16.6. The average Bonchev–Trinajstić information content (AvgIpc) is 2.25. The lowest BCUT2D eigenvalue weighted by molar-refractivity contribution is -0.385. The molecule has 0 fully saturated rings. The van der Waals surface area contributed by atoms with Gasteiger partial charge in [0.05, 0.1) is 10.5 Å². The van der Waals surface area contributed by atoms with Crippen LogP contribution in [0.5, 0.6) is 0 Å². The normalized spacial score (nSPS) is 10.9. The van der Waals surface area contributed by atoms with E-state index in [4.69, 9.17) is 10.5 Å². The maximum atomic E-state index is 11.8. The van der Waals surface area contributed by atoms with Crippen molar-refractivity contribution in [3.8, 4) is 0 Å². The van der Waals surface area contributed by atoms with E-state index in [1.54, 1.807) is 20.8 Å². The Morgan fingerprint density at radius 3 is 2.32 bits per heavy atom. The Labute approximate surface area is 109 Å². The maximum absolute atomic E-state index is 11.8. The number of hydrogen-bond donors (Lipinski definition) is 1. The van der Waals surface area contributed by atoms with E-state index in [-0.39, 0.29) is 11.1 Å². The monoisotopic (exact) mass is 266 g/mol. The molecule has 0 aliphatic heterocycles. The summed E-state index contributed by atoms with van der Waals surface area (Å²) in [4.78, 5) is 32.9. The van der Waals surface area contributed by atoms with Gasteiger partial charge in [-0.25, -0.2) is 4.79 Å². The SMILES string of the molecule is CC(C)(C)OC(=O)c1ccc(C(N)=O)c([N+](=O)[O-])c1. The molecular formula is C12H14N2O5. The van der Waals surface area contributed by atoms with E-state index in [0.717, 1.165) is 12.1 Å². The molecule has 1 amide bonds. The second-order valence-electron chi connectivity index (χ2n) is 4.86. The lowest BCUT2D eigenvalue weighted by atomic mass is 10.1. The number of ether oxygens (including phenoxy) is 1. The number of primary amides is 1. The Bertz CT molecular complexity index is 546. The van der Waals surface area contributed by atoms with E-state index in [0.29, 0.717) is 0 Å². The fraction of sp³-hybridized carbons (Fsp3) is 0.333. The standard InChI is InChI=1S/C12H14N2O5/c1-12(2,3)19-11(16)7-4-5-8(10(13)15)9(6-7)14(17)18/h4-6H,1-3H3,(H2,13,15). The molecule has 102 valence electrons. The Morgan fingerprint density at radius 2 is 1.89 bits per heavy atom. The van der Waals surface area contributed by atoms with Crippen LogP contribution in [0.3, 0.4) is 0 Å². The Kier molecular flexibility index (Phi) is 3.89. The molecule has 0 heterocycles. The summed E-state index contributed by atoms with van der Waals surface area (Å²) < 4.78 is 5.08. The van der Waals surface area contributed by atoms with Crippen LogP contribution in [0.15, 0.2) is 18.2 Å². The first-order valence-corrected chi connectivity index (χ1v) is 5.43. The third-order valence-corrected chi connectivity index (χ3v) is 2.09. The number of esters is 1. The van der Waals surface area contributed by atoms with Crippen molar-refractivity contribution in [2.45, 2.75) is 26.4 Å². The molecule has 1 aromatic carbocycles. The summed E-state index contributed by atoms with van der Waals surface area (Å²) in [6, 6.07) is 3.38. The molecule has 0 atom stereocenters. The third-order valence-electron chi connectivity index (χ3n) is 2.09. The Balaban J connectivity index is 3.19. The molecule has 1 rings (SSSR count). The summed E-state index contributed by atoms with van der Waals surface area (Å²) >= 11 is 0. The van der Waals surface area contributed by atoms with Crippen molar-refractivity contribution < 1.29 is 19.2 Å². The summed E-state index contributed by atoms with van der Waals surface area (Å²) in [5.41, 5.74) is 3.53. The van der Waals surface area contributed by atoms with Gasteiger partial charge >= 0.3 is 5.97 Å². The van der Waals surface area contributed by atoms with Crippen molar-refractivity contribution in [1.82, 2.24) is 0 Å². The zero-order valence-corrected chi connectivity index (χ0v) is 10.8. The summed E-state index contributed by atoms with van der Waals surface area (Å²) in [6.45, 7) is 5.03. The maximum Gasteiger partial charge on any atom is 0.338 e. The van der Waals surface area contributed by atoms with Crippen LogP contribution >= 0.6 is 0 Å². The first kappa shape index (κ1) is 14.6. The second-order valence-corrected chi connectivity index (χ2v) is 4.86. The molecule has 19 heavy (non-hydrogen) atoms. The van der Waals surface area contributed by atoms with Gasteiger partial charge in [-0.3, -0.25) is 14.9 Å². The molecular weight excluding hydrogens is 252 g/mol. The lowest BCUT2D eigenvalue weighted by Gasteiger charge is -2.19. The van der Waals surface area contributed by atoms with Crippen LogP contribution in [-0.4, -0.2) is 22.4 Å². The topological polar surface area (TPSA) is 113 Å². The summed E-state index contributed by atoms with van der Waals surface area (Å²) in [6.07, 6.45) is 0. The second kappa shape index (κ2) is 5.05. The third kappa shape index (κ3) is 3.77. The van der Waals surface area contributed by atoms with Gasteiger partial charge in [-0.05, 0) is 32.9 Å². The molecule has 0 bridgehead atoms. The minimum absolute atomic E-state index is 0.00775. The molecule has 0 aliphatic rings. The van der Waals surface area contributed by atoms with Crippen LogP contribution in [0, 0.1) is 10.1 Å². The molecule has 0 radical (unpaired) electrons. The fourth-order valence-corrected chi connectivity index (χ4v) is 1.36. The highest BCUT2D eigenvalue weighted by Gasteiger charge is 2.23. The van der Waals surface area contributed by atoms with Gasteiger partial charge in [0.1, 0.15) is 11.2 Å². The van der Waals surface area contributed by atoms with Crippen molar-refractivity contribution >= 4 is 17.6 Å². The smallest absolute Gasteiger partial charge is 0.338 e. The zero-order chi connectivity index (χ0) is 14.8. The van der Waals surface area contributed by atoms with Crippen LogP contribution in [0.1, 0.15) is 41.5 Å². The van der Waals surface area contributed by atoms with E-state index < -0.39 is 28.1 Å². The van der Waals surface area contributed by atoms with Gasteiger partial charge in [0.15, 0.2) is 0 Å². The minimum Gasteiger partial charge on any atom is -0.456 e. The molecule has 7 heteroatoms. The number of hydrogen-bond acceptors (Lipinski definition) is 5. The van der Waals surface area contributed by atoms with E-state index in [2.05, 4.69) is 0 Å². The highest BCUT2D eigenvalue weighted by Crippen LogP contribution is 2.21. The minimum atomic E-state index is -0.928. The number of nitrogens with zero attached hydrogens (tertiary/aromatic N) is 1. The van der Waals surface area contributed by atoms with Gasteiger partial charge < -0.3 is 10.5 Å². The molecule has 1 aromatic rings. The van der Waals surface area contributed by atoms with Crippen molar-refractivity contribution in [2.24, 2.45) is 5.73 Å². The molecule has 0 aliphatic carbocycles. The summed E-state index contributed by atoms with van der Waals surface area (Å²) in [5, 5.41) is 10.8. The quantitative estimate of drug-likeness (QED) is 0.507. The number of nitro benzene ring substituents is 1. The largest absolute Gasteiger partial charge is 0.456 e. The van der Waals surface area contributed by atoms with Crippen LogP contribution < -0.4 is 5.73 Å². The summed E-state index contributed by atoms with van der Waals surface area (Å²) in [7, 11) is 0. The van der Waals surface area contributed by atoms with E-state index in [1.165, 1.54) is 6.07 Å². The molecule has 0 unspecified atom stereocenters. The highest BCUT2D eigenvalue weighted by molar-refractivity contribution is 5.99. The predicted molar refractivity (Wildman–Crippen MR) is 66.8 cm³/mol. The van der Waals surface area contributed by atoms with E-state index in [9.17, 15) is 19.7 Å². The van der Waals surface area contributed by atoms with Crippen LogP contribution in [0.4, 0.5) is 5.69 Å². The first-order chi connectivity index (χ1) is 8.61. The van der Waals surface area contributed by atoms with Gasteiger partial charge in [0.25, 0.3) is 11.6 Å². The molecule has 0 spiro atoms. The van der Waals surface area contributed by atoms with Crippen LogP contribution in [0.2, 0.25) is 0 Å². The Hall–Kier alpha value is -2.44. The van der Waals surface area contributed by atoms with Crippen LogP contribution in [-0.2, 0) is 4.74 Å². The van der Waals surface area contributed by atoms with Crippen molar-refractivity contribution in [3.63, 3.8) is 0 Å². The van der Waals surface area contributed by atoms with E-state index in [1.807, 2.05) is 0 Å². The fourth-order valence-electron chi connectivity index (χ4n) is 1.36. The molecule has 0 aromatic heterocycles.